The first-order valence-corrected chi connectivity index (χ1v) is 6.02. The topological polar surface area (TPSA) is 24.9 Å². The van der Waals surface area contributed by atoms with E-state index in [0.29, 0.717) is 21.4 Å². The Balaban J connectivity index is 2.10. The Morgan fingerprint density at radius 3 is 2.82 bits per heavy atom. The fourth-order valence-corrected chi connectivity index (χ4v) is 1.94. The number of halogens is 3. The van der Waals surface area contributed by atoms with Gasteiger partial charge in [0.05, 0.1) is 15.5 Å². The molecule has 0 bridgehead atoms. The number of nitrogens with zero attached hydrogens (tertiary/aromatic N) is 1. The second-order valence-electron chi connectivity index (χ2n) is 3.47. The molecule has 88 valence electrons. The van der Waals surface area contributed by atoms with Crippen LogP contribution in [0.4, 0.5) is 14.5 Å². The molecule has 5 heteroatoms. The van der Waals surface area contributed by atoms with Crippen LogP contribution in [0.5, 0.6) is 0 Å². The largest absolute Gasteiger partial charge is 0.380 e. The third kappa shape index (κ3) is 3.12. The Kier molecular flexibility index (Phi) is 3.88. The van der Waals surface area contributed by atoms with Gasteiger partial charge in [-0.1, -0.05) is 6.07 Å². The van der Waals surface area contributed by atoms with Gasteiger partial charge in [-0.05, 0) is 46.4 Å². The summed E-state index contributed by atoms with van der Waals surface area (Å²) >= 11 is 1.93. The number of nitrogens with one attached hydrogen (secondary N) is 1. The number of pyridine rings is 1. The van der Waals surface area contributed by atoms with Crippen LogP contribution >= 0.6 is 22.6 Å². The maximum Gasteiger partial charge on any atom is 0.141 e. The Labute approximate surface area is 111 Å². The molecule has 1 aromatic carbocycles. The van der Waals surface area contributed by atoms with Crippen molar-refractivity contribution in [1.29, 1.82) is 0 Å². The van der Waals surface area contributed by atoms with Gasteiger partial charge < -0.3 is 5.32 Å². The molecule has 2 aromatic rings. The van der Waals surface area contributed by atoms with Crippen molar-refractivity contribution in [3.8, 4) is 0 Å². The van der Waals surface area contributed by atoms with Gasteiger partial charge in [0.1, 0.15) is 11.6 Å². The van der Waals surface area contributed by atoms with Crippen LogP contribution in [0.2, 0.25) is 0 Å². The summed E-state index contributed by atoms with van der Waals surface area (Å²) in [6.07, 6.45) is 2.72. The Bertz CT molecular complexity index is 532. The summed E-state index contributed by atoms with van der Waals surface area (Å²) in [4.78, 5) is 3.75. The molecule has 0 saturated carbocycles. The predicted molar refractivity (Wildman–Crippen MR) is 70.6 cm³/mol. The molecule has 0 aliphatic rings. The minimum Gasteiger partial charge on any atom is -0.380 e. The first-order chi connectivity index (χ1) is 8.16. The number of aromatic nitrogens is 1. The van der Waals surface area contributed by atoms with Crippen LogP contribution in [0, 0.1) is 15.2 Å². The number of benzene rings is 1. The second-order valence-corrected chi connectivity index (χ2v) is 4.55. The molecular weight excluding hydrogens is 337 g/mol. The molecule has 0 amide bonds. The Morgan fingerprint density at radius 1 is 1.24 bits per heavy atom. The highest BCUT2D eigenvalue weighted by molar-refractivity contribution is 14.1. The maximum absolute atomic E-state index is 13.2. The molecule has 1 N–H and O–H groups in total. The highest BCUT2D eigenvalue weighted by Gasteiger charge is 2.04. The molecule has 0 atom stereocenters. The molecular formula is C12H9F2IN2. The van der Waals surface area contributed by atoms with Crippen LogP contribution < -0.4 is 5.32 Å². The molecule has 1 heterocycles. The molecule has 2 rings (SSSR count). The molecule has 0 radical (unpaired) electrons. The van der Waals surface area contributed by atoms with E-state index in [0.717, 1.165) is 6.20 Å². The highest BCUT2D eigenvalue weighted by atomic mass is 127. The van der Waals surface area contributed by atoms with Crippen LogP contribution in [0.3, 0.4) is 0 Å². The standard InChI is InChI=1S/C12H9F2IN2/c13-9-4-8(5-16-7-9)6-17-11-3-1-2-10(14)12(11)15/h1-5,7,17H,6H2. The van der Waals surface area contributed by atoms with Gasteiger partial charge in [0.25, 0.3) is 0 Å². The maximum atomic E-state index is 13.2. The lowest BCUT2D eigenvalue weighted by Gasteiger charge is -2.08. The number of hydrogen-bond acceptors (Lipinski definition) is 2. The van der Waals surface area contributed by atoms with Gasteiger partial charge in [0.15, 0.2) is 0 Å². The first-order valence-electron chi connectivity index (χ1n) is 4.94. The molecule has 0 unspecified atom stereocenters. The minimum atomic E-state index is -0.377. The van der Waals surface area contributed by atoms with E-state index in [4.69, 9.17) is 0 Å². The van der Waals surface area contributed by atoms with Crippen LogP contribution in [0.15, 0.2) is 36.7 Å². The summed E-state index contributed by atoms with van der Waals surface area (Å²) in [5.74, 6) is -0.647. The quantitative estimate of drug-likeness (QED) is 0.860. The second kappa shape index (κ2) is 5.39. The molecule has 0 aliphatic carbocycles. The Hall–Kier alpha value is -1.24. The smallest absolute Gasteiger partial charge is 0.141 e. The predicted octanol–water partition coefficient (Wildman–Crippen LogP) is 3.58. The summed E-state index contributed by atoms with van der Waals surface area (Å²) in [7, 11) is 0. The van der Waals surface area contributed by atoms with Crippen molar-refractivity contribution >= 4 is 28.3 Å². The zero-order chi connectivity index (χ0) is 12.3. The first kappa shape index (κ1) is 12.2. The highest BCUT2D eigenvalue weighted by Crippen LogP contribution is 2.21. The van der Waals surface area contributed by atoms with Gasteiger partial charge in [-0.15, -0.1) is 0 Å². The van der Waals surface area contributed by atoms with Gasteiger partial charge in [-0.2, -0.15) is 0 Å². The van der Waals surface area contributed by atoms with Gasteiger partial charge in [0.2, 0.25) is 0 Å². The van der Waals surface area contributed by atoms with Gasteiger partial charge in [-0.3, -0.25) is 4.98 Å². The normalized spacial score (nSPS) is 10.3. The van der Waals surface area contributed by atoms with Crippen LogP contribution in [0.25, 0.3) is 0 Å². The average molecular weight is 346 g/mol. The van der Waals surface area contributed by atoms with Crippen molar-refractivity contribution in [2.24, 2.45) is 0 Å². The summed E-state index contributed by atoms with van der Waals surface area (Å²) in [5.41, 5.74) is 1.40. The SMILES string of the molecule is Fc1cncc(CNc2cccc(F)c2I)c1. The van der Waals surface area contributed by atoms with Crippen molar-refractivity contribution in [3.05, 3.63) is 57.4 Å². The minimum absolute atomic E-state index is 0.270. The zero-order valence-corrected chi connectivity index (χ0v) is 10.9. The summed E-state index contributed by atoms with van der Waals surface area (Å²) < 4.78 is 26.7. The number of anilines is 1. The van der Waals surface area contributed by atoms with Crippen LogP contribution in [-0.2, 0) is 6.54 Å². The van der Waals surface area contributed by atoms with Crippen molar-refractivity contribution in [3.63, 3.8) is 0 Å². The molecule has 17 heavy (non-hydrogen) atoms. The van der Waals surface area contributed by atoms with Crippen molar-refractivity contribution < 1.29 is 8.78 Å². The lowest BCUT2D eigenvalue weighted by molar-refractivity contribution is 0.618. The van der Waals surface area contributed by atoms with Crippen molar-refractivity contribution in [2.75, 3.05) is 5.32 Å². The summed E-state index contributed by atoms with van der Waals surface area (Å²) in [6, 6.07) is 6.20. The third-order valence-electron chi connectivity index (χ3n) is 2.20. The van der Waals surface area contributed by atoms with E-state index in [1.54, 1.807) is 18.3 Å². The van der Waals surface area contributed by atoms with E-state index in [1.165, 1.54) is 12.1 Å². The van der Waals surface area contributed by atoms with Gasteiger partial charge >= 0.3 is 0 Å². The van der Waals surface area contributed by atoms with E-state index < -0.39 is 0 Å². The molecule has 0 saturated heterocycles. The molecule has 0 fully saturated rings. The summed E-state index contributed by atoms with van der Waals surface area (Å²) in [6.45, 7) is 0.407. The molecule has 0 spiro atoms. The van der Waals surface area contributed by atoms with Crippen molar-refractivity contribution in [2.45, 2.75) is 6.54 Å². The molecule has 0 aliphatic heterocycles. The average Bonchev–Trinajstić information content (AvgIpc) is 2.31. The van der Waals surface area contributed by atoms with Crippen LogP contribution in [0.1, 0.15) is 5.56 Å². The summed E-state index contributed by atoms with van der Waals surface area (Å²) in [5, 5.41) is 3.04. The zero-order valence-electron chi connectivity index (χ0n) is 8.75. The van der Waals surface area contributed by atoms with E-state index in [2.05, 4.69) is 10.3 Å². The fourth-order valence-electron chi connectivity index (χ4n) is 1.39. The van der Waals surface area contributed by atoms with Crippen molar-refractivity contribution in [1.82, 2.24) is 4.98 Å². The lowest BCUT2D eigenvalue weighted by atomic mass is 10.2. The van der Waals surface area contributed by atoms with Crippen LogP contribution in [-0.4, -0.2) is 4.98 Å². The third-order valence-corrected chi connectivity index (χ3v) is 3.29. The number of rotatable bonds is 3. The Morgan fingerprint density at radius 2 is 2.06 bits per heavy atom. The molecule has 2 nitrogen and oxygen atoms in total. The van der Waals surface area contributed by atoms with E-state index in [1.807, 2.05) is 22.6 Å². The lowest BCUT2D eigenvalue weighted by Crippen LogP contribution is -2.02. The van der Waals surface area contributed by atoms with Gasteiger partial charge in [0, 0.05) is 12.7 Å². The molecule has 1 aromatic heterocycles. The van der Waals surface area contributed by atoms with Gasteiger partial charge in [-0.25, -0.2) is 8.78 Å². The monoisotopic (exact) mass is 346 g/mol. The number of hydrogen-bond donors (Lipinski definition) is 1. The van der Waals surface area contributed by atoms with E-state index in [-0.39, 0.29) is 11.6 Å². The van der Waals surface area contributed by atoms with E-state index in [9.17, 15) is 8.78 Å². The fraction of sp³-hybridized carbons (Fsp3) is 0.0833. The van der Waals surface area contributed by atoms with E-state index >= 15 is 0 Å².